The first kappa shape index (κ1) is 24.9. The van der Waals surface area contributed by atoms with Crippen molar-refractivity contribution in [2.45, 2.75) is 44.9 Å². The molecule has 0 spiro atoms. The molecule has 0 aliphatic carbocycles. The molecule has 1 atom stereocenters. The van der Waals surface area contributed by atoms with Crippen LogP contribution in [0, 0.1) is 11.7 Å². The number of rotatable bonds is 8. The van der Waals surface area contributed by atoms with Gasteiger partial charge in [-0.25, -0.2) is 17.1 Å². The number of carbonyl (C=O) groups is 2. The van der Waals surface area contributed by atoms with Crippen LogP contribution in [-0.2, 0) is 20.6 Å². The van der Waals surface area contributed by atoms with E-state index in [1.807, 2.05) is 13.8 Å². The van der Waals surface area contributed by atoms with Gasteiger partial charge in [-0.3, -0.25) is 9.59 Å². The molecule has 0 bridgehead atoms. The second-order valence-corrected chi connectivity index (χ2v) is 10.3. The van der Waals surface area contributed by atoms with Crippen molar-refractivity contribution in [3.63, 3.8) is 0 Å². The van der Waals surface area contributed by atoms with Crippen molar-refractivity contribution in [3.8, 4) is 0 Å². The summed E-state index contributed by atoms with van der Waals surface area (Å²) in [6.07, 6.45) is 1.49. The minimum Gasteiger partial charge on any atom is -0.350 e. The molecule has 1 fully saturated rings. The molecule has 2 amide bonds. The van der Waals surface area contributed by atoms with E-state index in [9.17, 15) is 22.4 Å². The van der Waals surface area contributed by atoms with Crippen LogP contribution in [0.15, 0.2) is 48.5 Å². The van der Waals surface area contributed by atoms with Gasteiger partial charge in [0.25, 0.3) is 5.91 Å². The molecule has 7 nitrogen and oxygen atoms in total. The first-order valence-electron chi connectivity index (χ1n) is 11.1. The standard InChI is InChI=1S/C24H30FN3O4S/c1-3-17(2)26-24(30)20-9-5-7-11-22(20)27-23(29)18-12-14-28(15-13-18)33(31,32)16-19-8-4-6-10-21(19)25/h4-11,17-18H,3,12-16H2,1-2H3,(H,26,30)(H,27,29). The van der Waals surface area contributed by atoms with E-state index in [1.54, 1.807) is 30.3 Å². The summed E-state index contributed by atoms with van der Waals surface area (Å²) < 4.78 is 40.6. The minimum absolute atomic E-state index is 0.0110. The molecule has 2 aromatic carbocycles. The number of hydrogen-bond donors (Lipinski definition) is 2. The number of sulfonamides is 1. The van der Waals surface area contributed by atoms with E-state index in [4.69, 9.17) is 0 Å². The van der Waals surface area contributed by atoms with Gasteiger partial charge in [0.2, 0.25) is 15.9 Å². The van der Waals surface area contributed by atoms with Gasteiger partial charge in [-0.1, -0.05) is 37.3 Å². The Morgan fingerprint density at radius 1 is 1.09 bits per heavy atom. The van der Waals surface area contributed by atoms with Gasteiger partial charge in [0.1, 0.15) is 5.82 Å². The topological polar surface area (TPSA) is 95.6 Å². The van der Waals surface area contributed by atoms with Gasteiger partial charge in [0.15, 0.2) is 0 Å². The maximum Gasteiger partial charge on any atom is 0.253 e. The van der Waals surface area contributed by atoms with Gasteiger partial charge in [-0.2, -0.15) is 0 Å². The molecule has 0 radical (unpaired) electrons. The van der Waals surface area contributed by atoms with E-state index >= 15 is 0 Å². The summed E-state index contributed by atoms with van der Waals surface area (Å²) in [7, 11) is -3.69. The molecule has 2 N–H and O–H groups in total. The van der Waals surface area contributed by atoms with E-state index in [1.165, 1.54) is 22.5 Å². The number of para-hydroxylation sites is 1. The monoisotopic (exact) mass is 475 g/mol. The zero-order chi connectivity index (χ0) is 24.0. The molecule has 1 unspecified atom stereocenters. The van der Waals surface area contributed by atoms with Gasteiger partial charge in [-0.05, 0) is 44.4 Å². The van der Waals surface area contributed by atoms with E-state index < -0.39 is 21.6 Å². The van der Waals surface area contributed by atoms with Gasteiger partial charge < -0.3 is 10.6 Å². The third-order valence-corrected chi connectivity index (χ3v) is 7.76. The number of nitrogens with zero attached hydrogens (tertiary/aromatic N) is 1. The van der Waals surface area contributed by atoms with Crippen LogP contribution in [0.5, 0.6) is 0 Å². The molecular formula is C24H30FN3O4S. The summed E-state index contributed by atoms with van der Waals surface area (Å²) >= 11 is 0. The lowest BCUT2D eigenvalue weighted by atomic mass is 9.97. The molecule has 1 aliphatic heterocycles. The van der Waals surface area contributed by atoms with E-state index in [0.717, 1.165) is 6.42 Å². The predicted octanol–water partition coefficient (Wildman–Crippen LogP) is 3.53. The Hall–Kier alpha value is -2.78. The predicted molar refractivity (Wildman–Crippen MR) is 126 cm³/mol. The molecule has 3 rings (SSSR count). The Morgan fingerprint density at radius 2 is 1.73 bits per heavy atom. The highest BCUT2D eigenvalue weighted by molar-refractivity contribution is 7.88. The van der Waals surface area contributed by atoms with E-state index in [0.29, 0.717) is 24.1 Å². The number of nitrogens with one attached hydrogen (secondary N) is 2. The fraction of sp³-hybridized carbons (Fsp3) is 0.417. The van der Waals surface area contributed by atoms with Gasteiger partial charge in [0, 0.05) is 30.6 Å². The molecule has 0 saturated carbocycles. The summed E-state index contributed by atoms with van der Waals surface area (Å²) in [5.41, 5.74) is 0.943. The number of anilines is 1. The molecular weight excluding hydrogens is 445 g/mol. The third kappa shape index (κ3) is 6.39. The molecule has 1 heterocycles. The van der Waals surface area contributed by atoms with E-state index in [-0.39, 0.29) is 42.4 Å². The Bertz CT molecular complexity index is 1100. The highest BCUT2D eigenvalue weighted by Crippen LogP contribution is 2.24. The average Bonchev–Trinajstić information content (AvgIpc) is 2.80. The van der Waals surface area contributed by atoms with Gasteiger partial charge >= 0.3 is 0 Å². The molecule has 33 heavy (non-hydrogen) atoms. The van der Waals surface area contributed by atoms with Crippen molar-refractivity contribution in [3.05, 3.63) is 65.5 Å². The quantitative estimate of drug-likeness (QED) is 0.611. The van der Waals surface area contributed by atoms with Gasteiger partial charge in [-0.15, -0.1) is 0 Å². The molecule has 1 saturated heterocycles. The van der Waals surface area contributed by atoms with Crippen molar-refractivity contribution >= 4 is 27.5 Å². The van der Waals surface area contributed by atoms with Crippen molar-refractivity contribution < 1.29 is 22.4 Å². The highest BCUT2D eigenvalue weighted by Gasteiger charge is 2.32. The fourth-order valence-corrected chi connectivity index (χ4v) is 5.30. The van der Waals surface area contributed by atoms with Crippen LogP contribution in [-0.4, -0.2) is 43.7 Å². The number of piperidine rings is 1. The number of amides is 2. The maximum absolute atomic E-state index is 13.9. The Balaban J connectivity index is 1.60. The minimum atomic E-state index is -3.69. The first-order chi connectivity index (χ1) is 15.7. The smallest absolute Gasteiger partial charge is 0.253 e. The molecule has 178 valence electrons. The summed E-state index contributed by atoms with van der Waals surface area (Å²) in [4.78, 5) is 25.4. The zero-order valence-corrected chi connectivity index (χ0v) is 19.7. The largest absolute Gasteiger partial charge is 0.350 e. The summed E-state index contributed by atoms with van der Waals surface area (Å²) in [5.74, 6) is -1.84. The molecule has 0 aromatic heterocycles. The van der Waals surface area contributed by atoms with Crippen LogP contribution in [0.1, 0.15) is 49.0 Å². The van der Waals surface area contributed by atoms with Crippen LogP contribution in [0.4, 0.5) is 10.1 Å². The Labute approximate surface area is 194 Å². The lowest BCUT2D eigenvalue weighted by Gasteiger charge is -2.30. The maximum atomic E-state index is 13.9. The fourth-order valence-electron chi connectivity index (χ4n) is 3.73. The average molecular weight is 476 g/mol. The summed E-state index contributed by atoms with van der Waals surface area (Å²) in [5, 5.41) is 5.73. The van der Waals surface area contributed by atoms with Crippen molar-refractivity contribution in [1.82, 2.24) is 9.62 Å². The number of hydrogen-bond acceptors (Lipinski definition) is 4. The Morgan fingerprint density at radius 3 is 2.39 bits per heavy atom. The lowest BCUT2D eigenvalue weighted by Crippen LogP contribution is -2.42. The van der Waals surface area contributed by atoms with E-state index in [2.05, 4.69) is 10.6 Å². The van der Waals surface area contributed by atoms with Crippen LogP contribution >= 0.6 is 0 Å². The van der Waals surface area contributed by atoms with Crippen LogP contribution in [0.3, 0.4) is 0 Å². The highest BCUT2D eigenvalue weighted by atomic mass is 32.2. The number of halogens is 1. The van der Waals surface area contributed by atoms with Crippen LogP contribution in [0.25, 0.3) is 0 Å². The summed E-state index contributed by atoms with van der Waals surface area (Å²) in [6, 6.07) is 12.6. The van der Waals surface area contributed by atoms with Crippen LogP contribution in [0.2, 0.25) is 0 Å². The first-order valence-corrected chi connectivity index (χ1v) is 12.7. The van der Waals surface area contributed by atoms with Crippen LogP contribution < -0.4 is 10.6 Å². The second kappa shape index (κ2) is 10.9. The van der Waals surface area contributed by atoms with Crippen molar-refractivity contribution in [2.24, 2.45) is 5.92 Å². The SMILES string of the molecule is CCC(C)NC(=O)c1ccccc1NC(=O)C1CCN(S(=O)(=O)Cc2ccccc2F)CC1. The lowest BCUT2D eigenvalue weighted by molar-refractivity contribution is -0.120. The molecule has 9 heteroatoms. The van der Waals surface area contributed by atoms with Crippen molar-refractivity contribution in [2.75, 3.05) is 18.4 Å². The number of benzene rings is 2. The zero-order valence-electron chi connectivity index (χ0n) is 18.9. The second-order valence-electron chi connectivity index (χ2n) is 8.34. The van der Waals surface area contributed by atoms with Gasteiger partial charge in [0.05, 0.1) is 17.0 Å². The summed E-state index contributed by atoms with van der Waals surface area (Å²) in [6.45, 7) is 4.25. The third-order valence-electron chi connectivity index (χ3n) is 5.93. The van der Waals surface area contributed by atoms with Crippen molar-refractivity contribution in [1.29, 1.82) is 0 Å². The normalized spacial score (nSPS) is 16.2. The Kier molecular flexibility index (Phi) is 8.20. The molecule has 1 aliphatic rings. The number of carbonyl (C=O) groups excluding carboxylic acids is 2. The molecule has 2 aromatic rings.